The Balaban J connectivity index is 2.47. The van der Waals surface area contributed by atoms with Crippen LogP contribution >= 0.6 is 23.2 Å². The molecule has 1 aromatic carbocycles. The maximum absolute atomic E-state index is 11.7. The molecule has 2 rings (SSSR count). The fourth-order valence-electron chi connectivity index (χ4n) is 4.50. The largest absolute Gasteiger partial charge is 0.367 e. The number of allylic oxidation sites excluding steroid dienone is 1. The van der Waals surface area contributed by atoms with E-state index in [1.807, 2.05) is 6.92 Å². The van der Waals surface area contributed by atoms with Crippen LogP contribution in [0, 0.1) is 5.92 Å². The average molecular weight is 506 g/mol. The Bertz CT molecular complexity index is 893. The van der Waals surface area contributed by atoms with E-state index in [2.05, 4.69) is 60.3 Å². The Morgan fingerprint density at radius 3 is 1.88 bits per heavy atom. The van der Waals surface area contributed by atoms with Gasteiger partial charge in [-0.05, 0) is 53.4 Å². The van der Waals surface area contributed by atoms with Gasteiger partial charge in [0.2, 0.25) is 0 Å². The van der Waals surface area contributed by atoms with Crippen LogP contribution < -0.4 is 0 Å². The van der Waals surface area contributed by atoms with Gasteiger partial charge in [-0.1, -0.05) is 83.0 Å². The highest BCUT2D eigenvalue weighted by atomic mass is 35.5. The molecule has 4 nitrogen and oxygen atoms in total. The maximum Gasteiger partial charge on any atom is 0.264 e. The molecule has 182 valence electrons. The van der Waals surface area contributed by atoms with Gasteiger partial charge in [0.1, 0.15) is 6.10 Å². The minimum absolute atomic E-state index is 0.278. The molecule has 0 saturated heterocycles. The van der Waals surface area contributed by atoms with E-state index in [9.17, 15) is 8.42 Å². The van der Waals surface area contributed by atoms with E-state index in [0.717, 1.165) is 11.8 Å². The summed E-state index contributed by atoms with van der Waals surface area (Å²) in [5.41, 5.74) is 4.98. The van der Waals surface area contributed by atoms with Gasteiger partial charge in [0.15, 0.2) is 4.33 Å². The van der Waals surface area contributed by atoms with Crippen molar-refractivity contribution in [2.75, 3.05) is 6.26 Å². The lowest BCUT2D eigenvalue weighted by Gasteiger charge is -2.53. The summed E-state index contributed by atoms with van der Waals surface area (Å²) >= 11 is 13.2. The number of rotatable bonds is 10. The van der Waals surface area contributed by atoms with Gasteiger partial charge in [0.25, 0.3) is 10.1 Å². The molecule has 1 fully saturated rings. The first-order valence-corrected chi connectivity index (χ1v) is 13.9. The van der Waals surface area contributed by atoms with Gasteiger partial charge in [-0.2, -0.15) is 8.42 Å². The number of halogens is 2. The highest BCUT2D eigenvalue weighted by molar-refractivity contribution is 7.86. The standard InChI is InChI=1S/C25H38Cl2O4S/c1-10-11-19-23(25(26,27)24(19)31-32(9,28)29)30-17(8)22-20(15(4)5)12-18(14(2)3)13-21(22)16(6)7/h10,12-17,19,23-24H,1,11H2,2-9H3/t17-,19+,23-,24+/m1/s1. The van der Waals surface area contributed by atoms with E-state index >= 15 is 0 Å². The summed E-state index contributed by atoms with van der Waals surface area (Å²) in [4.78, 5) is 0. The van der Waals surface area contributed by atoms with Gasteiger partial charge >= 0.3 is 0 Å². The number of ether oxygens (including phenoxy) is 1. The highest BCUT2D eigenvalue weighted by Crippen LogP contribution is 2.54. The van der Waals surface area contributed by atoms with Crippen LogP contribution in [0.15, 0.2) is 24.8 Å². The third-order valence-corrected chi connectivity index (χ3v) is 7.61. The van der Waals surface area contributed by atoms with Crippen LogP contribution in [0.5, 0.6) is 0 Å². The van der Waals surface area contributed by atoms with Crippen LogP contribution in [0.25, 0.3) is 0 Å². The van der Waals surface area contributed by atoms with E-state index in [1.54, 1.807) is 6.08 Å². The van der Waals surface area contributed by atoms with Gasteiger partial charge in [-0.3, -0.25) is 4.18 Å². The zero-order valence-electron chi connectivity index (χ0n) is 20.5. The molecule has 0 radical (unpaired) electrons. The number of hydrogen-bond acceptors (Lipinski definition) is 4. The monoisotopic (exact) mass is 504 g/mol. The Labute approximate surface area is 204 Å². The molecule has 0 heterocycles. The molecular formula is C25H38Cl2O4S. The quantitative estimate of drug-likeness (QED) is 0.191. The van der Waals surface area contributed by atoms with E-state index in [0.29, 0.717) is 24.2 Å². The minimum Gasteiger partial charge on any atom is -0.367 e. The van der Waals surface area contributed by atoms with Crippen molar-refractivity contribution in [1.82, 2.24) is 0 Å². The molecule has 1 aliphatic carbocycles. The van der Waals surface area contributed by atoms with Gasteiger partial charge in [-0.15, -0.1) is 6.58 Å². The zero-order valence-corrected chi connectivity index (χ0v) is 22.8. The average Bonchev–Trinajstić information content (AvgIpc) is 2.67. The molecule has 7 heteroatoms. The lowest BCUT2D eigenvalue weighted by molar-refractivity contribution is -0.146. The fourth-order valence-corrected chi connectivity index (χ4v) is 6.11. The van der Waals surface area contributed by atoms with Crippen molar-refractivity contribution in [3.05, 3.63) is 47.0 Å². The third-order valence-electron chi connectivity index (χ3n) is 6.19. The van der Waals surface area contributed by atoms with Crippen molar-refractivity contribution in [2.45, 2.75) is 95.3 Å². The summed E-state index contributed by atoms with van der Waals surface area (Å²) in [6.07, 6.45) is 1.45. The third kappa shape index (κ3) is 5.90. The van der Waals surface area contributed by atoms with Gasteiger partial charge < -0.3 is 4.74 Å². The molecule has 0 aliphatic heterocycles. The smallest absolute Gasteiger partial charge is 0.264 e. The Hall–Kier alpha value is -0.590. The van der Waals surface area contributed by atoms with Crippen LogP contribution in [0.2, 0.25) is 0 Å². The van der Waals surface area contributed by atoms with Gasteiger partial charge in [0, 0.05) is 5.92 Å². The van der Waals surface area contributed by atoms with Crippen molar-refractivity contribution in [1.29, 1.82) is 0 Å². The summed E-state index contributed by atoms with van der Waals surface area (Å²) in [5.74, 6) is 0.747. The van der Waals surface area contributed by atoms with Gasteiger partial charge in [0.05, 0.1) is 18.5 Å². The summed E-state index contributed by atoms with van der Waals surface area (Å²) in [7, 11) is -3.72. The van der Waals surface area contributed by atoms with Crippen molar-refractivity contribution < 1.29 is 17.3 Å². The molecular weight excluding hydrogens is 467 g/mol. The predicted molar refractivity (Wildman–Crippen MR) is 134 cm³/mol. The molecule has 1 saturated carbocycles. The summed E-state index contributed by atoms with van der Waals surface area (Å²) < 4.78 is 33.7. The topological polar surface area (TPSA) is 52.6 Å². The van der Waals surface area contributed by atoms with Crippen molar-refractivity contribution in [2.24, 2.45) is 5.92 Å². The summed E-state index contributed by atoms with van der Waals surface area (Å²) in [5, 5.41) is 0. The Morgan fingerprint density at radius 1 is 1.00 bits per heavy atom. The lowest BCUT2D eigenvalue weighted by atomic mass is 9.75. The molecule has 32 heavy (non-hydrogen) atoms. The molecule has 0 amide bonds. The molecule has 0 aromatic heterocycles. The SMILES string of the molecule is C=CC[C@H]1[C@@H](O[C@H](C)c2c(C(C)C)cc(C(C)C)cc2C(C)C)C(Cl)(Cl)[C@H]1OS(C)(=O)=O. The number of hydrogen-bond donors (Lipinski definition) is 0. The Kier molecular flexibility index (Phi) is 8.94. The van der Waals surface area contributed by atoms with Crippen LogP contribution in [-0.2, 0) is 19.0 Å². The van der Waals surface area contributed by atoms with Crippen molar-refractivity contribution in [3.8, 4) is 0 Å². The van der Waals surface area contributed by atoms with Gasteiger partial charge in [-0.25, -0.2) is 0 Å². The first-order chi connectivity index (χ1) is 14.6. The number of benzene rings is 1. The minimum atomic E-state index is -3.72. The normalized spacial score (nSPS) is 24.1. The molecule has 0 spiro atoms. The second-order valence-corrected chi connectivity index (χ2v) is 12.9. The number of alkyl halides is 2. The van der Waals surface area contributed by atoms with Crippen molar-refractivity contribution in [3.63, 3.8) is 0 Å². The second-order valence-electron chi connectivity index (χ2n) is 9.86. The van der Waals surface area contributed by atoms with E-state index < -0.39 is 26.7 Å². The predicted octanol–water partition coefficient (Wildman–Crippen LogP) is 7.23. The zero-order chi connectivity index (χ0) is 24.6. The molecule has 4 atom stereocenters. The van der Waals surface area contributed by atoms with E-state index in [1.165, 1.54) is 16.7 Å². The fraction of sp³-hybridized carbons (Fsp3) is 0.680. The van der Waals surface area contributed by atoms with Crippen LogP contribution in [0.1, 0.15) is 101 Å². The summed E-state index contributed by atoms with van der Waals surface area (Å²) in [6.45, 7) is 19.0. The molecule has 0 unspecified atom stereocenters. The first-order valence-electron chi connectivity index (χ1n) is 11.3. The van der Waals surface area contributed by atoms with Crippen LogP contribution in [-0.4, -0.2) is 31.2 Å². The van der Waals surface area contributed by atoms with Crippen molar-refractivity contribution >= 4 is 33.3 Å². The molecule has 0 bridgehead atoms. The maximum atomic E-state index is 11.7. The highest BCUT2D eigenvalue weighted by Gasteiger charge is 2.63. The molecule has 1 aromatic rings. The molecule has 1 aliphatic rings. The van der Waals surface area contributed by atoms with E-state index in [4.69, 9.17) is 32.1 Å². The lowest BCUT2D eigenvalue weighted by Crippen LogP contribution is -2.66. The van der Waals surface area contributed by atoms with Crippen LogP contribution in [0.4, 0.5) is 0 Å². The molecule has 0 N–H and O–H groups in total. The summed E-state index contributed by atoms with van der Waals surface area (Å²) in [6, 6.07) is 4.56. The second kappa shape index (κ2) is 10.4. The van der Waals surface area contributed by atoms with E-state index in [-0.39, 0.29) is 12.0 Å². The first kappa shape index (κ1) is 27.7. The van der Waals surface area contributed by atoms with Crippen LogP contribution in [0.3, 0.4) is 0 Å². The Morgan fingerprint density at radius 2 is 1.50 bits per heavy atom.